The van der Waals surface area contributed by atoms with Crippen LogP contribution in [0.5, 0.6) is 11.5 Å². The number of rotatable bonds is 8. The first-order valence-corrected chi connectivity index (χ1v) is 9.39. The van der Waals surface area contributed by atoms with Gasteiger partial charge in [0.25, 0.3) is 5.91 Å². The lowest BCUT2D eigenvalue weighted by Crippen LogP contribution is -2.32. The van der Waals surface area contributed by atoms with Crippen LogP contribution < -0.4 is 20.1 Å². The van der Waals surface area contributed by atoms with E-state index in [9.17, 15) is 9.59 Å². The van der Waals surface area contributed by atoms with Gasteiger partial charge in [-0.05, 0) is 66.6 Å². The summed E-state index contributed by atoms with van der Waals surface area (Å²) in [5.41, 5.74) is 2.99. The first-order chi connectivity index (χ1) is 14.5. The van der Waals surface area contributed by atoms with Crippen molar-refractivity contribution in [1.29, 1.82) is 0 Å². The molecule has 0 unspecified atom stereocenters. The predicted molar refractivity (Wildman–Crippen MR) is 114 cm³/mol. The lowest BCUT2D eigenvalue weighted by atomic mass is 10.2. The van der Waals surface area contributed by atoms with Crippen molar-refractivity contribution in [3.63, 3.8) is 0 Å². The highest BCUT2D eigenvalue weighted by Gasteiger charge is 2.11. The minimum Gasteiger partial charge on any atom is -0.495 e. The van der Waals surface area contributed by atoms with E-state index >= 15 is 0 Å². The van der Waals surface area contributed by atoms with Crippen LogP contribution in [0.4, 0.5) is 5.69 Å². The van der Waals surface area contributed by atoms with E-state index in [-0.39, 0.29) is 18.4 Å². The number of ether oxygens (including phenoxy) is 2. The highest BCUT2D eigenvalue weighted by molar-refractivity contribution is 5.99. The van der Waals surface area contributed by atoms with Gasteiger partial charge in [0.2, 0.25) is 5.91 Å². The molecule has 0 spiro atoms. The van der Waals surface area contributed by atoms with E-state index in [1.165, 1.54) is 7.11 Å². The third-order valence-electron chi connectivity index (χ3n) is 4.31. The molecule has 30 heavy (non-hydrogen) atoms. The average Bonchev–Trinajstić information content (AvgIpc) is 2.77. The van der Waals surface area contributed by atoms with Crippen LogP contribution in [0.25, 0.3) is 0 Å². The predicted octanol–water partition coefficient (Wildman–Crippen LogP) is 3.35. The van der Waals surface area contributed by atoms with E-state index in [1.54, 1.807) is 42.7 Å². The fourth-order valence-electron chi connectivity index (χ4n) is 2.72. The zero-order valence-electron chi connectivity index (χ0n) is 16.8. The SMILES string of the molecule is COc1ccc(C)cc1NC(=O)CNC(=O)c1ccc(OCc2ccncc2)cc1. The van der Waals surface area contributed by atoms with Gasteiger partial charge in [0.05, 0.1) is 19.3 Å². The molecule has 0 aliphatic heterocycles. The number of aromatic nitrogens is 1. The minimum absolute atomic E-state index is 0.157. The van der Waals surface area contributed by atoms with Crippen LogP contribution in [0.15, 0.2) is 67.0 Å². The molecule has 7 nitrogen and oxygen atoms in total. The number of nitrogens with one attached hydrogen (secondary N) is 2. The zero-order chi connectivity index (χ0) is 21.3. The van der Waals surface area contributed by atoms with E-state index in [0.717, 1.165) is 11.1 Å². The zero-order valence-corrected chi connectivity index (χ0v) is 16.8. The summed E-state index contributed by atoms with van der Waals surface area (Å²) in [5, 5.41) is 5.36. The Kier molecular flexibility index (Phi) is 7.00. The van der Waals surface area contributed by atoms with E-state index in [1.807, 2.05) is 31.2 Å². The van der Waals surface area contributed by atoms with E-state index in [4.69, 9.17) is 9.47 Å². The Morgan fingerprint density at radius 1 is 1.00 bits per heavy atom. The highest BCUT2D eigenvalue weighted by Crippen LogP contribution is 2.25. The van der Waals surface area contributed by atoms with Crippen LogP contribution in [0.2, 0.25) is 0 Å². The Morgan fingerprint density at radius 2 is 1.73 bits per heavy atom. The van der Waals surface area contributed by atoms with E-state index in [0.29, 0.717) is 29.4 Å². The normalized spacial score (nSPS) is 10.2. The first-order valence-electron chi connectivity index (χ1n) is 9.39. The number of carbonyl (C=O) groups excluding carboxylic acids is 2. The topological polar surface area (TPSA) is 89.6 Å². The van der Waals surface area contributed by atoms with Gasteiger partial charge in [0.15, 0.2) is 0 Å². The monoisotopic (exact) mass is 405 g/mol. The lowest BCUT2D eigenvalue weighted by Gasteiger charge is -2.12. The van der Waals surface area contributed by atoms with Crippen molar-refractivity contribution in [3.05, 3.63) is 83.7 Å². The van der Waals surface area contributed by atoms with Crippen molar-refractivity contribution in [1.82, 2.24) is 10.3 Å². The van der Waals surface area contributed by atoms with Gasteiger partial charge in [-0.2, -0.15) is 0 Å². The maximum Gasteiger partial charge on any atom is 0.251 e. The molecule has 154 valence electrons. The summed E-state index contributed by atoms with van der Waals surface area (Å²) < 4.78 is 10.9. The third-order valence-corrected chi connectivity index (χ3v) is 4.31. The number of anilines is 1. The smallest absolute Gasteiger partial charge is 0.251 e. The Balaban J connectivity index is 1.50. The maximum atomic E-state index is 12.3. The Morgan fingerprint density at radius 3 is 2.43 bits per heavy atom. The van der Waals surface area contributed by atoms with Crippen molar-refractivity contribution in [2.75, 3.05) is 19.0 Å². The number of carbonyl (C=O) groups is 2. The number of hydrogen-bond donors (Lipinski definition) is 2. The lowest BCUT2D eigenvalue weighted by molar-refractivity contribution is -0.115. The van der Waals surface area contributed by atoms with Crippen LogP contribution in [-0.2, 0) is 11.4 Å². The van der Waals surface area contributed by atoms with Crippen molar-refractivity contribution in [2.45, 2.75) is 13.5 Å². The van der Waals surface area contributed by atoms with E-state index < -0.39 is 0 Å². The number of aryl methyl sites for hydroxylation is 1. The molecule has 0 radical (unpaired) electrons. The van der Waals surface area contributed by atoms with Crippen LogP contribution in [-0.4, -0.2) is 30.5 Å². The Hall–Kier alpha value is -3.87. The van der Waals surface area contributed by atoms with Gasteiger partial charge in [-0.3, -0.25) is 14.6 Å². The second-order valence-corrected chi connectivity index (χ2v) is 6.60. The molecule has 0 aliphatic carbocycles. The van der Waals surface area contributed by atoms with Crippen molar-refractivity contribution in [2.24, 2.45) is 0 Å². The molecule has 0 atom stereocenters. The van der Waals surface area contributed by atoms with Crippen LogP contribution in [0.1, 0.15) is 21.5 Å². The molecule has 2 amide bonds. The third kappa shape index (κ3) is 5.81. The molecule has 7 heteroatoms. The standard InChI is InChI=1S/C23H23N3O4/c1-16-3-8-21(29-2)20(13-16)26-22(27)14-25-23(28)18-4-6-19(7-5-18)30-15-17-9-11-24-12-10-17/h3-13H,14-15H2,1-2H3,(H,25,28)(H,26,27). The molecule has 0 fully saturated rings. The van der Waals surface area contributed by atoms with Gasteiger partial charge < -0.3 is 20.1 Å². The van der Waals surface area contributed by atoms with Crippen LogP contribution in [0.3, 0.4) is 0 Å². The molecule has 0 saturated heterocycles. The molecule has 2 aromatic carbocycles. The molecule has 3 aromatic rings. The number of amides is 2. The van der Waals surface area contributed by atoms with E-state index in [2.05, 4.69) is 15.6 Å². The van der Waals surface area contributed by atoms with Gasteiger partial charge in [-0.25, -0.2) is 0 Å². The van der Waals surface area contributed by atoms with Crippen molar-refractivity contribution in [3.8, 4) is 11.5 Å². The summed E-state index contributed by atoms with van der Waals surface area (Å²) in [5.74, 6) is 0.516. The van der Waals surface area contributed by atoms with Crippen molar-refractivity contribution < 1.29 is 19.1 Å². The number of benzene rings is 2. The summed E-state index contributed by atoms with van der Waals surface area (Å²) in [7, 11) is 1.53. The first kappa shape index (κ1) is 20.9. The number of pyridine rings is 1. The molecule has 3 rings (SSSR count). The molecule has 1 heterocycles. The number of methoxy groups -OCH3 is 1. The van der Waals surface area contributed by atoms with Gasteiger partial charge in [-0.1, -0.05) is 6.07 Å². The summed E-state index contributed by atoms with van der Waals surface area (Å²) >= 11 is 0. The maximum absolute atomic E-state index is 12.3. The second-order valence-electron chi connectivity index (χ2n) is 6.60. The van der Waals surface area contributed by atoms with Gasteiger partial charge in [0, 0.05) is 18.0 Å². The van der Waals surface area contributed by atoms with Gasteiger partial charge in [0.1, 0.15) is 18.1 Å². The molecule has 2 N–H and O–H groups in total. The number of hydrogen-bond acceptors (Lipinski definition) is 5. The highest BCUT2D eigenvalue weighted by atomic mass is 16.5. The molecular formula is C23H23N3O4. The summed E-state index contributed by atoms with van der Waals surface area (Å²) in [6.07, 6.45) is 3.41. The fraction of sp³-hybridized carbons (Fsp3) is 0.174. The average molecular weight is 405 g/mol. The van der Waals surface area contributed by atoms with Crippen molar-refractivity contribution >= 4 is 17.5 Å². The Labute approximate surface area is 175 Å². The molecule has 0 bridgehead atoms. The minimum atomic E-state index is -0.345. The largest absolute Gasteiger partial charge is 0.495 e. The van der Waals surface area contributed by atoms with Crippen LogP contribution >= 0.6 is 0 Å². The van der Waals surface area contributed by atoms with Gasteiger partial charge in [-0.15, -0.1) is 0 Å². The second kappa shape index (κ2) is 10.1. The molecule has 0 aliphatic rings. The quantitative estimate of drug-likeness (QED) is 0.600. The summed E-state index contributed by atoms with van der Waals surface area (Å²) in [6, 6.07) is 16.0. The van der Waals surface area contributed by atoms with Gasteiger partial charge >= 0.3 is 0 Å². The summed E-state index contributed by atoms with van der Waals surface area (Å²) in [4.78, 5) is 28.5. The molecular weight excluding hydrogens is 382 g/mol. The fourth-order valence-corrected chi connectivity index (χ4v) is 2.72. The van der Waals surface area contributed by atoms with Crippen LogP contribution in [0, 0.1) is 6.92 Å². The molecule has 1 aromatic heterocycles. The molecule has 0 saturated carbocycles. The summed E-state index contributed by atoms with van der Waals surface area (Å²) in [6.45, 7) is 2.17. The number of nitrogens with zero attached hydrogens (tertiary/aromatic N) is 1. The Bertz CT molecular complexity index is 1000.